The van der Waals surface area contributed by atoms with Gasteiger partial charge in [0, 0.05) is 12.3 Å². The van der Waals surface area contributed by atoms with Crippen LogP contribution in [0.15, 0.2) is 48.7 Å². The number of hydrogen-bond donors (Lipinski definition) is 1. The summed E-state index contributed by atoms with van der Waals surface area (Å²) in [4.78, 5) is 9.11. The third-order valence-corrected chi connectivity index (χ3v) is 3.80. The van der Waals surface area contributed by atoms with Gasteiger partial charge in [-0.25, -0.2) is 4.98 Å². The average molecular weight is 265 g/mol. The standard InChI is InChI=1S/C17H19N3/c18-17-15(11-13-7-3-1-4-8-13)20-16(12-19-17)14-9-5-2-6-10-14/h1-5,7-8,12,14H,6,9-11H2,(H2,18,19). The van der Waals surface area contributed by atoms with Crippen molar-refractivity contribution in [2.75, 3.05) is 5.73 Å². The Hall–Kier alpha value is -2.16. The lowest BCUT2D eigenvalue weighted by atomic mass is 9.91. The van der Waals surface area contributed by atoms with Crippen molar-refractivity contribution in [3.8, 4) is 0 Å². The van der Waals surface area contributed by atoms with Crippen LogP contribution >= 0.6 is 0 Å². The molecule has 102 valence electrons. The molecule has 1 aromatic heterocycles. The molecule has 1 atom stereocenters. The molecule has 1 aromatic carbocycles. The van der Waals surface area contributed by atoms with Gasteiger partial charge < -0.3 is 5.73 Å². The van der Waals surface area contributed by atoms with E-state index in [4.69, 9.17) is 10.7 Å². The first-order valence-corrected chi connectivity index (χ1v) is 7.13. The predicted octanol–water partition coefficient (Wildman–Crippen LogP) is 3.47. The first kappa shape index (κ1) is 12.9. The van der Waals surface area contributed by atoms with Crippen LogP contribution in [-0.2, 0) is 6.42 Å². The molecule has 3 nitrogen and oxygen atoms in total. The zero-order valence-corrected chi connectivity index (χ0v) is 11.5. The summed E-state index contributed by atoms with van der Waals surface area (Å²) >= 11 is 0. The molecule has 0 aliphatic heterocycles. The summed E-state index contributed by atoms with van der Waals surface area (Å²) in [6, 6.07) is 10.3. The van der Waals surface area contributed by atoms with Crippen LogP contribution in [0.2, 0.25) is 0 Å². The molecule has 0 saturated heterocycles. The molecular weight excluding hydrogens is 246 g/mol. The molecule has 0 spiro atoms. The SMILES string of the molecule is Nc1ncc(C2CC=CCC2)nc1Cc1ccccc1. The van der Waals surface area contributed by atoms with Gasteiger partial charge in [0.1, 0.15) is 5.82 Å². The molecule has 1 aliphatic carbocycles. The summed E-state index contributed by atoms with van der Waals surface area (Å²) in [5.74, 6) is 1.03. The average Bonchev–Trinajstić information content (AvgIpc) is 2.51. The van der Waals surface area contributed by atoms with E-state index >= 15 is 0 Å². The summed E-state index contributed by atoms with van der Waals surface area (Å²) in [5, 5.41) is 0. The van der Waals surface area contributed by atoms with Crippen LogP contribution in [0.25, 0.3) is 0 Å². The quantitative estimate of drug-likeness (QED) is 0.864. The van der Waals surface area contributed by atoms with E-state index in [2.05, 4.69) is 29.3 Å². The second kappa shape index (κ2) is 5.87. The lowest BCUT2D eigenvalue weighted by Gasteiger charge is -2.18. The van der Waals surface area contributed by atoms with E-state index in [0.717, 1.165) is 37.1 Å². The zero-order valence-electron chi connectivity index (χ0n) is 11.5. The molecule has 1 heterocycles. The molecule has 0 bridgehead atoms. The Balaban J connectivity index is 1.85. The van der Waals surface area contributed by atoms with Crippen LogP contribution < -0.4 is 5.73 Å². The molecule has 3 rings (SSSR count). The van der Waals surface area contributed by atoms with E-state index in [1.165, 1.54) is 5.56 Å². The molecule has 0 fully saturated rings. The molecular formula is C17H19N3. The Morgan fingerprint density at radius 1 is 1.15 bits per heavy atom. The fourth-order valence-electron chi connectivity index (χ4n) is 2.63. The molecule has 3 heteroatoms. The van der Waals surface area contributed by atoms with Crippen molar-refractivity contribution in [3.63, 3.8) is 0 Å². The zero-order chi connectivity index (χ0) is 13.8. The van der Waals surface area contributed by atoms with Gasteiger partial charge in [0.2, 0.25) is 0 Å². The largest absolute Gasteiger partial charge is 0.382 e. The van der Waals surface area contributed by atoms with Crippen molar-refractivity contribution in [2.24, 2.45) is 0 Å². The van der Waals surface area contributed by atoms with Crippen molar-refractivity contribution >= 4 is 5.82 Å². The number of benzene rings is 1. The van der Waals surface area contributed by atoms with Gasteiger partial charge in [0.25, 0.3) is 0 Å². The van der Waals surface area contributed by atoms with Gasteiger partial charge in [0.15, 0.2) is 0 Å². The molecule has 2 aromatic rings. The van der Waals surface area contributed by atoms with Crippen molar-refractivity contribution in [1.29, 1.82) is 0 Å². The van der Waals surface area contributed by atoms with E-state index in [-0.39, 0.29) is 0 Å². The fraction of sp³-hybridized carbons (Fsp3) is 0.294. The Morgan fingerprint density at radius 2 is 2.00 bits per heavy atom. The number of anilines is 1. The molecule has 0 radical (unpaired) electrons. The highest BCUT2D eigenvalue weighted by atomic mass is 14.9. The Labute approximate surface area is 119 Å². The van der Waals surface area contributed by atoms with E-state index in [0.29, 0.717) is 11.7 Å². The number of hydrogen-bond acceptors (Lipinski definition) is 3. The molecule has 0 amide bonds. The minimum absolute atomic E-state index is 0.489. The van der Waals surface area contributed by atoms with Gasteiger partial charge in [-0.05, 0) is 24.8 Å². The summed E-state index contributed by atoms with van der Waals surface area (Å²) in [7, 11) is 0. The lowest BCUT2D eigenvalue weighted by Crippen LogP contribution is -2.09. The maximum Gasteiger partial charge on any atom is 0.145 e. The van der Waals surface area contributed by atoms with E-state index in [9.17, 15) is 0 Å². The minimum Gasteiger partial charge on any atom is -0.382 e. The lowest BCUT2D eigenvalue weighted by molar-refractivity contribution is 0.596. The maximum atomic E-state index is 5.98. The van der Waals surface area contributed by atoms with E-state index in [1.54, 1.807) is 0 Å². The van der Waals surface area contributed by atoms with Crippen molar-refractivity contribution in [2.45, 2.75) is 31.6 Å². The summed E-state index contributed by atoms with van der Waals surface area (Å²) in [6.07, 6.45) is 10.4. The van der Waals surface area contributed by atoms with Gasteiger partial charge >= 0.3 is 0 Å². The molecule has 1 unspecified atom stereocenters. The highest BCUT2D eigenvalue weighted by Crippen LogP contribution is 2.28. The highest BCUT2D eigenvalue weighted by Gasteiger charge is 2.16. The van der Waals surface area contributed by atoms with Crippen LogP contribution in [0.5, 0.6) is 0 Å². The fourth-order valence-corrected chi connectivity index (χ4v) is 2.63. The van der Waals surface area contributed by atoms with Crippen LogP contribution in [0.1, 0.15) is 42.1 Å². The van der Waals surface area contributed by atoms with E-state index < -0.39 is 0 Å². The first-order chi connectivity index (χ1) is 9.83. The number of aromatic nitrogens is 2. The molecule has 20 heavy (non-hydrogen) atoms. The van der Waals surface area contributed by atoms with Crippen LogP contribution in [-0.4, -0.2) is 9.97 Å². The predicted molar refractivity (Wildman–Crippen MR) is 81.4 cm³/mol. The monoisotopic (exact) mass is 265 g/mol. The minimum atomic E-state index is 0.489. The Kier molecular flexibility index (Phi) is 3.77. The van der Waals surface area contributed by atoms with Crippen LogP contribution in [0, 0.1) is 0 Å². The third kappa shape index (κ3) is 2.87. The normalized spacial score (nSPS) is 18.1. The molecule has 2 N–H and O–H groups in total. The third-order valence-electron chi connectivity index (χ3n) is 3.80. The number of allylic oxidation sites excluding steroid dienone is 2. The van der Waals surface area contributed by atoms with Gasteiger partial charge in [-0.2, -0.15) is 0 Å². The topological polar surface area (TPSA) is 51.8 Å². The van der Waals surface area contributed by atoms with Crippen molar-refractivity contribution in [1.82, 2.24) is 9.97 Å². The second-order valence-electron chi connectivity index (χ2n) is 5.27. The van der Waals surface area contributed by atoms with Crippen molar-refractivity contribution in [3.05, 3.63) is 65.6 Å². The first-order valence-electron chi connectivity index (χ1n) is 7.13. The smallest absolute Gasteiger partial charge is 0.145 e. The number of rotatable bonds is 3. The Morgan fingerprint density at radius 3 is 2.75 bits per heavy atom. The summed E-state index contributed by atoms with van der Waals surface area (Å²) in [6.45, 7) is 0. The van der Waals surface area contributed by atoms with Gasteiger partial charge in [0.05, 0.1) is 17.6 Å². The van der Waals surface area contributed by atoms with Gasteiger partial charge in [-0.3, -0.25) is 4.98 Å². The summed E-state index contributed by atoms with van der Waals surface area (Å²) in [5.41, 5.74) is 9.17. The van der Waals surface area contributed by atoms with Crippen LogP contribution in [0.3, 0.4) is 0 Å². The number of nitrogens with zero attached hydrogens (tertiary/aromatic N) is 2. The maximum absolute atomic E-state index is 5.98. The van der Waals surface area contributed by atoms with Crippen LogP contribution in [0.4, 0.5) is 5.82 Å². The van der Waals surface area contributed by atoms with Crippen molar-refractivity contribution < 1.29 is 0 Å². The number of nitrogen functional groups attached to an aromatic ring is 1. The highest BCUT2D eigenvalue weighted by molar-refractivity contribution is 5.38. The second-order valence-corrected chi connectivity index (χ2v) is 5.27. The van der Waals surface area contributed by atoms with Gasteiger partial charge in [-0.1, -0.05) is 42.5 Å². The summed E-state index contributed by atoms with van der Waals surface area (Å²) < 4.78 is 0. The Bertz CT molecular complexity index is 605. The van der Waals surface area contributed by atoms with E-state index in [1.807, 2.05) is 24.4 Å². The number of nitrogens with two attached hydrogens (primary N) is 1. The molecule has 0 saturated carbocycles. The molecule has 1 aliphatic rings. The van der Waals surface area contributed by atoms with Gasteiger partial charge in [-0.15, -0.1) is 0 Å².